The molecule has 0 unspecified atom stereocenters. The van der Waals surface area contributed by atoms with E-state index in [2.05, 4.69) is 162 Å². The van der Waals surface area contributed by atoms with Crippen LogP contribution >= 0.6 is 11.3 Å². The monoisotopic (exact) mass is 732 g/mol. The zero-order valence-corrected chi connectivity index (χ0v) is 31.0. The first-order valence-corrected chi connectivity index (χ1v) is 19.6. The van der Waals surface area contributed by atoms with Gasteiger partial charge in [0.05, 0.1) is 15.7 Å². The van der Waals surface area contributed by atoms with Gasteiger partial charge >= 0.3 is 0 Å². The molecule has 11 rings (SSSR count). The summed E-state index contributed by atoms with van der Waals surface area (Å²) in [7, 11) is 0. The Labute approximate surface area is 327 Å². The van der Waals surface area contributed by atoms with Gasteiger partial charge < -0.3 is 4.57 Å². The third-order valence-electron chi connectivity index (χ3n) is 10.7. The maximum atomic E-state index is 5.19. The number of fused-ring (bicyclic) bond motifs is 7. The molecule has 0 aliphatic carbocycles. The lowest BCUT2D eigenvalue weighted by Crippen LogP contribution is -2.01. The molecule has 3 heterocycles. The number of benzene rings is 8. The molecule has 8 aromatic carbocycles. The van der Waals surface area contributed by atoms with Crippen molar-refractivity contribution in [1.82, 2.24) is 19.5 Å². The highest BCUT2D eigenvalue weighted by Crippen LogP contribution is 2.45. The highest BCUT2D eigenvalue weighted by Gasteiger charge is 2.20. The van der Waals surface area contributed by atoms with Crippen molar-refractivity contribution in [3.05, 3.63) is 194 Å². The third kappa shape index (κ3) is 5.40. The van der Waals surface area contributed by atoms with Crippen molar-refractivity contribution < 1.29 is 0 Å². The molecule has 11 aromatic rings. The summed E-state index contributed by atoms with van der Waals surface area (Å²) >= 11 is 1.86. The van der Waals surface area contributed by atoms with Gasteiger partial charge in [0.25, 0.3) is 0 Å². The Balaban J connectivity index is 1.15. The second-order valence-corrected chi connectivity index (χ2v) is 15.1. The molecule has 0 saturated carbocycles. The van der Waals surface area contributed by atoms with Crippen LogP contribution in [0.5, 0.6) is 0 Å². The summed E-state index contributed by atoms with van der Waals surface area (Å²) in [5.74, 6) is 1.92. The Morgan fingerprint density at radius 2 is 0.929 bits per heavy atom. The molecule has 0 fully saturated rings. The number of thiophene rings is 1. The number of hydrogen-bond donors (Lipinski definition) is 0. The minimum atomic E-state index is 0.634. The summed E-state index contributed by atoms with van der Waals surface area (Å²) in [6, 6.07) is 68.5. The summed E-state index contributed by atoms with van der Waals surface area (Å²) < 4.78 is 4.97. The Morgan fingerprint density at radius 1 is 0.357 bits per heavy atom. The molecule has 0 N–H and O–H groups in total. The maximum absolute atomic E-state index is 5.19. The van der Waals surface area contributed by atoms with E-state index >= 15 is 0 Å². The lowest BCUT2D eigenvalue weighted by atomic mass is 9.93. The molecule has 4 nitrogen and oxygen atoms in total. The summed E-state index contributed by atoms with van der Waals surface area (Å²) in [6.07, 6.45) is 0. The second-order valence-electron chi connectivity index (χ2n) is 14.0. The van der Waals surface area contributed by atoms with E-state index in [-0.39, 0.29) is 0 Å². The average Bonchev–Trinajstić information content (AvgIpc) is 3.83. The van der Waals surface area contributed by atoms with Gasteiger partial charge in [-0.3, -0.25) is 0 Å². The van der Waals surface area contributed by atoms with Crippen LogP contribution in [0.2, 0.25) is 0 Å². The number of hydrogen-bond acceptors (Lipinski definition) is 4. The summed E-state index contributed by atoms with van der Waals surface area (Å²) in [5.41, 5.74) is 10.9. The predicted octanol–water partition coefficient (Wildman–Crippen LogP) is 13.7. The van der Waals surface area contributed by atoms with Crippen molar-refractivity contribution in [2.24, 2.45) is 0 Å². The molecule has 0 aliphatic heterocycles. The Kier molecular flexibility index (Phi) is 7.64. The smallest absolute Gasteiger partial charge is 0.164 e. The zero-order valence-electron chi connectivity index (χ0n) is 30.2. The van der Waals surface area contributed by atoms with Crippen LogP contribution in [0.15, 0.2) is 194 Å². The van der Waals surface area contributed by atoms with E-state index in [1.165, 1.54) is 42.0 Å². The summed E-state index contributed by atoms with van der Waals surface area (Å²) in [4.78, 5) is 15.4. The molecule has 262 valence electrons. The number of aromatic nitrogens is 4. The molecule has 0 spiro atoms. The number of rotatable bonds is 6. The lowest BCUT2D eigenvalue weighted by Gasteiger charge is -2.14. The fourth-order valence-corrected chi connectivity index (χ4v) is 9.24. The zero-order chi connectivity index (χ0) is 37.0. The van der Waals surface area contributed by atoms with Crippen LogP contribution in [0.4, 0.5) is 0 Å². The van der Waals surface area contributed by atoms with Gasteiger partial charge in [-0.2, -0.15) is 0 Å². The molecule has 0 atom stereocenters. The van der Waals surface area contributed by atoms with Crippen molar-refractivity contribution >= 4 is 53.3 Å². The molecular weight excluding hydrogens is 701 g/mol. The summed E-state index contributed by atoms with van der Waals surface area (Å²) in [6.45, 7) is 0. The van der Waals surface area contributed by atoms with Crippen LogP contribution in [-0.2, 0) is 0 Å². The molecule has 0 saturated heterocycles. The van der Waals surface area contributed by atoms with Gasteiger partial charge in [0.15, 0.2) is 17.5 Å². The van der Waals surface area contributed by atoms with Crippen molar-refractivity contribution in [1.29, 1.82) is 0 Å². The molecule has 0 bridgehead atoms. The minimum Gasteiger partial charge on any atom is -0.308 e. The lowest BCUT2D eigenvalue weighted by molar-refractivity contribution is 1.07. The first-order chi connectivity index (χ1) is 27.8. The molecule has 5 heteroatoms. The van der Waals surface area contributed by atoms with Crippen LogP contribution in [0.1, 0.15) is 0 Å². The van der Waals surface area contributed by atoms with Gasteiger partial charge in [0, 0.05) is 48.6 Å². The molecule has 3 aromatic heterocycles. The second kappa shape index (κ2) is 13.3. The Bertz CT molecular complexity index is 3170. The van der Waals surface area contributed by atoms with Crippen molar-refractivity contribution in [2.75, 3.05) is 0 Å². The Hall–Kier alpha value is -7.21. The van der Waals surface area contributed by atoms with E-state index in [1.54, 1.807) is 0 Å². The maximum Gasteiger partial charge on any atom is 0.164 e. The van der Waals surface area contributed by atoms with Gasteiger partial charge in [0.2, 0.25) is 0 Å². The van der Waals surface area contributed by atoms with Crippen LogP contribution in [0, 0.1) is 0 Å². The van der Waals surface area contributed by atoms with Crippen molar-refractivity contribution in [3.8, 4) is 62.1 Å². The fourth-order valence-electron chi connectivity index (χ4n) is 8.02. The van der Waals surface area contributed by atoms with Gasteiger partial charge in [-0.15, -0.1) is 11.3 Å². The molecule has 0 radical (unpaired) electrons. The van der Waals surface area contributed by atoms with Crippen molar-refractivity contribution in [2.45, 2.75) is 0 Å². The highest BCUT2D eigenvalue weighted by atomic mass is 32.1. The first kappa shape index (κ1) is 32.2. The van der Waals surface area contributed by atoms with E-state index in [4.69, 9.17) is 15.0 Å². The summed E-state index contributed by atoms with van der Waals surface area (Å²) in [5, 5.41) is 5.01. The average molecular weight is 733 g/mol. The molecule has 0 amide bonds. The van der Waals surface area contributed by atoms with Gasteiger partial charge in [0.1, 0.15) is 0 Å². The number of nitrogens with zero attached hydrogens (tertiary/aromatic N) is 4. The fraction of sp³-hybridized carbons (Fsp3) is 0. The van der Waals surface area contributed by atoms with E-state index in [9.17, 15) is 0 Å². The predicted molar refractivity (Wildman–Crippen MR) is 234 cm³/mol. The van der Waals surface area contributed by atoms with E-state index in [0.29, 0.717) is 17.5 Å². The van der Waals surface area contributed by atoms with E-state index in [0.717, 1.165) is 44.6 Å². The third-order valence-corrected chi connectivity index (χ3v) is 11.9. The first-order valence-electron chi connectivity index (χ1n) is 18.8. The van der Waals surface area contributed by atoms with Gasteiger partial charge in [-0.25, -0.2) is 15.0 Å². The van der Waals surface area contributed by atoms with Crippen molar-refractivity contribution in [3.63, 3.8) is 0 Å². The van der Waals surface area contributed by atoms with E-state index < -0.39 is 0 Å². The Morgan fingerprint density at radius 3 is 1.62 bits per heavy atom. The quantitative estimate of drug-likeness (QED) is 0.171. The normalized spacial score (nSPS) is 11.6. The van der Waals surface area contributed by atoms with Crippen LogP contribution in [0.3, 0.4) is 0 Å². The van der Waals surface area contributed by atoms with Gasteiger partial charge in [-0.05, 0) is 58.7 Å². The number of para-hydroxylation sites is 2. The largest absolute Gasteiger partial charge is 0.308 e. The minimum absolute atomic E-state index is 0.634. The SMILES string of the molecule is c1ccc(-c2ccc(-c3ccc4sc5c(ccc6c7ccccc7n(-c7ccccc7)c65)c4c3)c(-c3nc(-c4ccccc4)nc(-c4ccccc4)n3)c2)cc1. The topological polar surface area (TPSA) is 43.6 Å². The van der Waals surface area contributed by atoms with Crippen LogP contribution in [-0.4, -0.2) is 19.5 Å². The van der Waals surface area contributed by atoms with Crippen LogP contribution in [0.25, 0.3) is 104 Å². The molecular formula is C51H32N4S. The molecule has 0 aliphatic rings. The highest BCUT2D eigenvalue weighted by molar-refractivity contribution is 7.26. The van der Waals surface area contributed by atoms with E-state index in [1.807, 2.05) is 47.7 Å². The van der Waals surface area contributed by atoms with Crippen LogP contribution < -0.4 is 0 Å². The van der Waals surface area contributed by atoms with Gasteiger partial charge in [-0.1, -0.05) is 158 Å². The molecule has 56 heavy (non-hydrogen) atoms. The standard InChI is InChI=1S/C51H32N4S/c1-5-15-33(16-6-1)36-25-27-39(44(31-36)51-53-49(34-17-7-2-8-18-34)52-50(54-51)35-19-9-3-10-20-35)37-26-30-46-43(32-37)42-29-28-41-40-23-13-14-24-45(40)55(47(41)48(42)56-46)38-21-11-4-12-22-38/h1-32H.